The van der Waals surface area contributed by atoms with Crippen LogP contribution in [0.5, 0.6) is 0 Å². The molecule has 0 aliphatic heterocycles. The molecular weight excluding hydrogens is 211 g/mol. The number of halogens is 1. The lowest BCUT2D eigenvalue weighted by Gasteiger charge is -2.07. The summed E-state index contributed by atoms with van der Waals surface area (Å²) < 4.78 is 14.4. The molecule has 1 aromatic carbocycles. The first-order valence-electron chi connectivity index (χ1n) is 5.06. The number of fused-ring (bicyclic) bond motifs is 1. The van der Waals surface area contributed by atoms with Crippen LogP contribution in [-0.4, -0.2) is 9.55 Å². The van der Waals surface area contributed by atoms with Gasteiger partial charge in [-0.1, -0.05) is 6.92 Å². The van der Waals surface area contributed by atoms with E-state index in [-0.39, 0.29) is 5.39 Å². The Morgan fingerprint density at radius 2 is 2.12 bits per heavy atom. The van der Waals surface area contributed by atoms with E-state index >= 15 is 0 Å². The van der Waals surface area contributed by atoms with Crippen LogP contribution in [0.4, 0.5) is 4.39 Å². The number of nitrogens with one attached hydrogen (secondary N) is 1. The van der Waals surface area contributed by atoms with E-state index in [0.717, 1.165) is 12.5 Å². The molecule has 0 radical (unpaired) electrons. The normalized spacial score (nSPS) is 10.9. The summed E-state index contributed by atoms with van der Waals surface area (Å²) in [6.07, 6.45) is 0.762. The highest BCUT2D eigenvalue weighted by Gasteiger charge is 2.07. The quantitative estimate of drug-likeness (QED) is 0.831. The first kappa shape index (κ1) is 10.6. The molecule has 4 nitrogen and oxygen atoms in total. The lowest BCUT2D eigenvalue weighted by molar-refractivity contribution is 0.626. The van der Waals surface area contributed by atoms with E-state index in [1.165, 1.54) is 16.7 Å². The molecular formula is C11H11FN2O2. The van der Waals surface area contributed by atoms with Gasteiger partial charge in [0.1, 0.15) is 5.82 Å². The third-order valence-corrected chi connectivity index (χ3v) is 2.41. The van der Waals surface area contributed by atoms with E-state index < -0.39 is 17.1 Å². The second-order valence-electron chi connectivity index (χ2n) is 3.57. The van der Waals surface area contributed by atoms with E-state index in [9.17, 15) is 14.0 Å². The van der Waals surface area contributed by atoms with Gasteiger partial charge in [-0.2, -0.15) is 0 Å². The van der Waals surface area contributed by atoms with Crippen molar-refractivity contribution >= 4 is 10.9 Å². The van der Waals surface area contributed by atoms with Gasteiger partial charge in [0.25, 0.3) is 5.56 Å². The molecule has 0 unspecified atom stereocenters. The molecule has 0 aliphatic carbocycles. The molecule has 1 N–H and O–H groups in total. The molecule has 1 aromatic heterocycles. The van der Waals surface area contributed by atoms with E-state index in [0.29, 0.717) is 12.1 Å². The number of benzene rings is 1. The van der Waals surface area contributed by atoms with Crippen LogP contribution >= 0.6 is 0 Å². The molecule has 16 heavy (non-hydrogen) atoms. The van der Waals surface area contributed by atoms with E-state index in [2.05, 4.69) is 4.98 Å². The molecule has 0 spiro atoms. The molecule has 0 atom stereocenters. The maximum absolute atomic E-state index is 13.0. The summed E-state index contributed by atoms with van der Waals surface area (Å²) in [4.78, 5) is 25.2. The number of aryl methyl sites for hydroxylation is 1. The molecule has 2 rings (SSSR count). The Kier molecular flexibility index (Phi) is 2.60. The first-order valence-corrected chi connectivity index (χ1v) is 5.06. The number of aromatic nitrogens is 2. The van der Waals surface area contributed by atoms with Gasteiger partial charge >= 0.3 is 5.69 Å². The van der Waals surface area contributed by atoms with E-state index in [1.807, 2.05) is 6.92 Å². The minimum Gasteiger partial charge on any atom is -0.293 e. The average molecular weight is 222 g/mol. The fourth-order valence-corrected chi connectivity index (χ4v) is 1.71. The molecule has 84 valence electrons. The summed E-state index contributed by atoms with van der Waals surface area (Å²) in [5, 5.41) is 0.202. The Bertz CT molecular complexity index is 642. The van der Waals surface area contributed by atoms with Gasteiger partial charge in [0, 0.05) is 6.54 Å². The van der Waals surface area contributed by atoms with Gasteiger partial charge in [-0.15, -0.1) is 0 Å². The van der Waals surface area contributed by atoms with Crippen LogP contribution < -0.4 is 11.2 Å². The van der Waals surface area contributed by atoms with Crippen molar-refractivity contribution in [3.63, 3.8) is 0 Å². The largest absolute Gasteiger partial charge is 0.328 e. The Morgan fingerprint density at radius 1 is 1.38 bits per heavy atom. The number of H-pyrrole nitrogens is 1. The minimum atomic E-state index is -0.549. The van der Waals surface area contributed by atoms with Gasteiger partial charge in [0.15, 0.2) is 0 Å². The number of hydrogen-bond donors (Lipinski definition) is 1. The van der Waals surface area contributed by atoms with Crippen LogP contribution in [0.1, 0.15) is 13.3 Å². The number of nitrogens with zero attached hydrogens (tertiary/aromatic N) is 1. The summed E-state index contributed by atoms with van der Waals surface area (Å²) in [6.45, 7) is 2.42. The minimum absolute atomic E-state index is 0.202. The zero-order valence-corrected chi connectivity index (χ0v) is 8.79. The third-order valence-electron chi connectivity index (χ3n) is 2.41. The van der Waals surface area contributed by atoms with Crippen molar-refractivity contribution in [2.45, 2.75) is 19.9 Å². The van der Waals surface area contributed by atoms with Crippen LogP contribution in [-0.2, 0) is 6.54 Å². The Morgan fingerprint density at radius 3 is 2.81 bits per heavy atom. The molecule has 0 saturated carbocycles. The van der Waals surface area contributed by atoms with Gasteiger partial charge in [0.2, 0.25) is 0 Å². The first-order chi connectivity index (χ1) is 7.63. The highest BCUT2D eigenvalue weighted by molar-refractivity contribution is 5.77. The van der Waals surface area contributed by atoms with Crippen LogP contribution in [0, 0.1) is 5.82 Å². The van der Waals surface area contributed by atoms with Gasteiger partial charge in [0.05, 0.1) is 10.9 Å². The van der Waals surface area contributed by atoms with Crippen molar-refractivity contribution < 1.29 is 4.39 Å². The van der Waals surface area contributed by atoms with Crippen LogP contribution in [0.25, 0.3) is 10.9 Å². The van der Waals surface area contributed by atoms with Crippen molar-refractivity contribution in [3.05, 3.63) is 44.9 Å². The summed E-state index contributed by atoms with van der Waals surface area (Å²) >= 11 is 0. The van der Waals surface area contributed by atoms with Gasteiger partial charge in [-0.3, -0.25) is 14.3 Å². The number of rotatable bonds is 2. The zero-order valence-electron chi connectivity index (χ0n) is 8.79. The highest BCUT2D eigenvalue weighted by atomic mass is 19.1. The van der Waals surface area contributed by atoms with E-state index in [1.54, 1.807) is 0 Å². The lowest BCUT2D eigenvalue weighted by atomic mass is 10.2. The van der Waals surface area contributed by atoms with Crippen molar-refractivity contribution in [1.29, 1.82) is 0 Å². The molecule has 0 amide bonds. The maximum atomic E-state index is 13.0. The SMILES string of the molecule is CCCn1c(=O)[nH]c(=O)c2cc(F)ccc21. The number of aromatic amines is 1. The summed E-state index contributed by atoms with van der Waals surface area (Å²) in [5.74, 6) is -0.486. The highest BCUT2D eigenvalue weighted by Crippen LogP contribution is 2.09. The maximum Gasteiger partial charge on any atom is 0.328 e. The summed E-state index contributed by atoms with van der Waals surface area (Å²) in [6, 6.07) is 3.84. The zero-order chi connectivity index (χ0) is 11.7. The molecule has 1 heterocycles. The Labute approximate surface area is 90.3 Å². The van der Waals surface area contributed by atoms with Crippen molar-refractivity contribution in [2.75, 3.05) is 0 Å². The Hall–Kier alpha value is -1.91. The molecule has 2 aromatic rings. The topological polar surface area (TPSA) is 54.9 Å². The van der Waals surface area contributed by atoms with Gasteiger partial charge in [-0.05, 0) is 24.6 Å². The monoisotopic (exact) mass is 222 g/mol. The van der Waals surface area contributed by atoms with Crippen molar-refractivity contribution in [1.82, 2.24) is 9.55 Å². The van der Waals surface area contributed by atoms with Crippen LogP contribution in [0.2, 0.25) is 0 Å². The van der Waals surface area contributed by atoms with Gasteiger partial charge < -0.3 is 0 Å². The fraction of sp³-hybridized carbons (Fsp3) is 0.273. The number of hydrogen-bond acceptors (Lipinski definition) is 2. The molecule has 0 fully saturated rings. The molecule has 0 aliphatic rings. The predicted octanol–water partition coefficient (Wildman–Crippen LogP) is 1.24. The van der Waals surface area contributed by atoms with Gasteiger partial charge in [-0.25, -0.2) is 9.18 Å². The third kappa shape index (κ3) is 1.64. The van der Waals surface area contributed by atoms with Crippen LogP contribution in [0.15, 0.2) is 27.8 Å². The second kappa shape index (κ2) is 3.92. The van der Waals surface area contributed by atoms with Crippen LogP contribution in [0.3, 0.4) is 0 Å². The molecule has 0 saturated heterocycles. The second-order valence-corrected chi connectivity index (χ2v) is 3.57. The average Bonchev–Trinajstić information content (AvgIpc) is 2.24. The standard InChI is InChI=1S/C11H11FN2O2/c1-2-5-14-9-4-3-7(12)6-8(9)10(15)13-11(14)16/h3-4,6H,2,5H2,1H3,(H,13,15,16). The van der Waals surface area contributed by atoms with Crippen molar-refractivity contribution in [2.24, 2.45) is 0 Å². The van der Waals surface area contributed by atoms with E-state index in [4.69, 9.17) is 0 Å². The molecule has 5 heteroatoms. The smallest absolute Gasteiger partial charge is 0.293 e. The van der Waals surface area contributed by atoms with Crippen molar-refractivity contribution in [3.8, 4) is 0 Å². The Balaban J connectivity index is 2.90. The summed E-state index contributed by atoms with van der Waals surface area (Å²) in [5.41, 5.74) is -0.533. The fourth-order valence-electron chi connectivity index (χ4n) is 1.71. The summed E-state index contributed by atoms with van der Waals surface area (Å²) in [7, 11) is 0. The predicted molar refractivity (Wildman–Crippen MR) is 59.1 cm³/mol. The lowest BCUT2D eigenvalue weighted by Crippen LogP contribution is -2.30. The molecule has 0 bridgehead atoms.